The average Bonchev–Trinajstić information content (AvgIpc) is 3.42. The van der Waals surface area contributed by atoms with Crippen LogP contribution in [0.4, 0.5) is 13.2 Å². The minimum absolute atomic E-state index is 0.0356. The number of amides is 1. The van der Waals surface area contributed by atoms with Crippen LogP contribution in [0.2, 0.25) is 0 Å². The molecule has 232 valence electrons. The molecule has 0 spiro atoms. The molecule has 2 heterocycles. The van der Waals surface area contributed by atoms with E-state index in [2.05, 4.69) is 56.2 Å². The number of aryl methyl sites for hydroxylation is 1. The minimum Gasteiger partial charge on any atom is -0.349 e. The molecule has 1 amide bonds. The van der Waals surface area contributed by atoms with Crippen LogP contribution in [0, 0.1) is 0 Å². The second-order valence-corrected chi connectivity index (χ2v) is 14.5. The van der Waals surface area contributed by atoms with Crippen molar-refractivity contribution in [1.82, 2.24) is 19.1 Å². The predicted molar refractivity (Wildman–Crippen MR) is 159 cm³/mol. The van der Waals surface area contributed by atoms with Gasteiger partial charge in [-0.1, -0.05) is 24.3 Å². The van der Waals surface area contributed by atoms with Crippen molar-refractivity contribution in [3.8, 4) is 0 Å². The van der Waals surface area contributed by atoms with E-state index in [9.17, 15) is 26.4 Å². The van der Waals surface area contributed by atoms with Crippen LogP contribution in [0.1, 0.15) is 80.1 Å². The largest absolute Gasteiger partial charge is 0.416 e. The van der Waals surface area contributed by atoms with Crippen LogP contribution in [-0.4, -0.2) is 47.2 Å². The second kappa shape index (κ2) is 11.7. The number of rotatable bonds is 7. The van der Waals surface area contributed by atoms with Gasteiger partial charge in [0.25, 0.3) is 0 Å². The molecule has 2 aliphatic rings. The SMILES string of the molecule is CN(Cc1ccc2c(c1)CCCC2NC(=O)CC1c2cccn2CCN1S(=O)(=O)c1cccc(C(F)(F)F)c1)C(C)(C)C. The van der Waals surface area contributed by atoms with E-state index >= 15 is 0 Å². The number of hydrogen-bond acceptors (Lipinski definition) is 4. The summed E-state index contributed by atoms with van der Waals surface area (Å²) in [6.45, 7) is 7.70. The standard InChI is InChI=1S/C32H39F3N4O3S/c1-31(2,3)37(4)21-22-13-14-26-23(18-22)8-5-11-27(26)36-30(40)20-29-28-12-7-15-38(28)16-17-39(29)43(41,42)25-10-6-9-24(19-25)32(33,34)35/h6-7,9-10,12-15,18-19,27,29H,5,8,11,16-17,20-21H2,1-4H3,(H,36,40). The first-order valence-corrected chi connectivity index (χ1v) is 16.0. The molecule has 2 aromatic carbocycles. The Morgan fingerprint density at radius 3 is 2.53 bits per heavy atom. The molecule has 0 radical (unpaired) electrons. The van der Waals surface area contributed by atoms with Crippen LogP contribution < -0.4 is 5.32 Å². The first-order chi connectivity index (χ1) is 20.1. The Morgan fingerprint density at radius 2 is 1.81 bits per heavy atom. The van der Waals surface area contributed by atoms with Gasteiger partial charge in [-0.3, -0.25) is 9.69 Å². The van der Waals surface area contributed by atoms with Gasteiger partial charge in [0.15, 0.2) is 0 Å². The molecule has 1 N–H and O–H groups in total. The monoisotopic (exact) mass is 616 g/mol. The summed E-state index contributed by atoms with van der Waals surface area (Å²) < 4.78 is 70.7. The van der Waals surface area contributed by atoms with E-state index in [0.29, 0.717) is 18.3 Å². The topological polar surface area (TPSA) is 74.7 Å². The van der Waals surface area contributed by atoms with Gasteiger partial charge in [0.05, 0.1) is 22.5 Å². The van der Waals surface area contributed by atoms with Crippen molar-refractivity contribution < 1.29 is 26.4 Å². The highest BCUT2D eigenvalue weighted by Gasteiger charge is 2.39. The normalized spacial score (nSPS) is 19.6. The van der Waals surface area contributed by atoms with Crippen LogP contribution >= 0.6 is 0 Å². The maximum atomic E-state index is 13.7. The van der Waals surface area contributed by atoms with Crippen LogP contribution in [-0.2, 0) is 40.5 Å². The molecule has 43 heavy (non-hydrogen) atoms. The number of alkyl halides is 3. The van der Waals surface area contributed by atoms with Crippen LogP contribution in [0.5, 0.6) is 0 Å². The molecule has 5 rings (SSSR count). The van der Waals surface area contributed by atoms with Gasteiger partial charge in [-0.2, -0.15) is 17.5 Å². The van der Waals surface area contributed by atoms with Crippen LogP contribution in [0.3, 0.4) is 0 Å². The van der Waals surface area contributed by atoms with Crippen molar-refractivity contribution in [2.24, 2.45) is 0 Å². The first-order valence-electron chi connectivity index (χ1n) is 14.6. The summed E-state index contributed by atoms with van der Waals surface area (Å²) in [5.74, 6) is -0.307. The molecule has 0 saturated heterocycles. The van der Waals surface area contributed by atoms with Crippen LogP contribution in [0.15, 0.2) is 65.7 Å². The number of halogens is 3. The zero-order valence-corrected chi connectivity index (χ0v) is 25.8. The first kappa shape index (κ1) is 31.3. The lowest BCUT2D eigenvalue weighted by atomic mass is 9.86. The molecule has 1 aliphatic heterocycles. The summed E-state index contributed by atoms with van der Waals surface area (Å²) in [6.07, 6.45) is -0.399. The third kappa shape index (κ3) is 6.68. The second-order valence-electron chi connectivity index (χ2n) is 12.6. The lowest BCUT2D eigenvalue weighted by Crippen LogP contribution is -2.44. The molecule has 7 nitrogen and oxygen atoms in total. The minimum atomic E-state index is -4.68. The summed E-state index contributed by atoms with van der Waals surface area (Å²) in [6, 6.07) is 12.7. The average molecular weight is 617 g/mol. The molecule has 3 aromatic rings. The summed E-state index contributed by atoms with van der Waals surface area (Å²) in [5.41, 5.74) is 3.12. The number of hydrogen-bond donors (Lipinski definition) is 1. The van der Waals surface area contributed by atoms with Crippen molar-refractivity contribution in [2.75, 3.05) is 13.6 Å². The number of carbonyl (C=O) groups excluding carboxylic acids is 1. The van der Waals surface area contributed by atoms with E-state index in [1.54, 1.807) is 12.1 Å². The van der Waals surface area contributed by atoms with Gasteiger partial charge in [-0.15, -0.1) is 0 Å². The van der Waals surface area contributed by atoms with Gasteiger partial charge in [0.2, 0.25) is 15.9 Å². The Morgan fingerprint density at radius 1 is 1.05 bits per heavy atom. The fraction of sp³-hybridized carbons (Fsp3) is 0.469. The Balaban J connectivity index is 1.36. The van der Waals surface area contributed by atoms with Gasteiger partial charge in [0.1, 0.15) is 0 Å². The van der Waals surface area contributed by atoms with Gasteiger partial charge in [0, 0.05) is 43.5 Å². The third-order valence-electron chi connectivity index (χ3n) is 8.68. The van der Waals surface area contributed by atoms with E-state index in [0.717, 1.165) is 43.5 Å². The summed E-state index contributed by atoms with van der Waals surface area (Å²) in [7, 11) is -2.23. The van der Waals surface area contributed by atoms with Crippen molar-refractivity contribution in [2.45, 2.75) is 88.2 Å². The summed E-state index contributed by atoms with van der Waals surface area (Å²) in [5, 5.41) is 3.14. The number of benzene rings is 2. The number of aromatic nitrogens is 1. The van der Waals surface area contributed by atoms with E-state index < -0.39 is 32.7 Å². The van der Waals surface area contributed by atoms with E-state index in [1.807, 2.05) is 10.8 Å². The van der Waals surface area contributed by atoms with Crippen molar-refractivity contribution in [3.63, 3.8) is 0 Å². The Hall–Kier alpha value is -3.15. The highest BCUT2D eigenvalue weighted by atomic mass is 32.2. The smallest absolute Gasteiger partial charge is 0.349 e. The predicted octanol–water partition coefficient (Wildman–Crippen LogP) is 6.07. The summed E-state index contributed by atoms with van der Waals surface area (Å²) in [4.78, 5) is 15.4. The molecular formula is C32H39F3N4O3S. The zero-order chi connectivity index (χ0) is 31.2. The van der Waals surface area contributed by atoms with E-state index in [1.165, 1.54) is 21.5 Å². The van der Waals surface area contributed by atoms with Gasteiger partial charge in [-0.05, 0) is 94.1 Å². The zero-order valence-electron chi connectivity index (χ0n) is 25.0. The number of nitrogens with zero attached hydrogens (tertiary/aromatic N) is 3. The lowest BCUT2D eigenvalue weighted by Gasteiger charge is -2.36. The Bertz CT molecular complexity index is 1590. The Labute approximate surface area is 251 Å². The highest BCUT2D eigenvalue weighted by Crippen LogP contribution is 2.37. The lowest BCUT2D eigenvalue weighted by molar-refractivity contribution is -0.137. The third-order valence-corrected chi connectivity index (χ3v) is 10.6. The van der Waals surface area contributed by atoms with Crippen molar-refractivity contribution in [1.29, 1.82) is 0 Å². The maximum absolute atomic E-state index is 13.7. The Kier molecular flexibility index (Phi) is 8.54. The van der Waals surface area contributed by atoms with Crippen molar-refractivity contribution >= 4 is 15.9 Å². The molecule has 0 saturated carbocycles. The van der Waals surface area contributed by atoms with E-state index in [4.69, 9.17) is 0 Å². The number of fused-ring (bicyclic) bond motifs is 2. The van der Waals surface area contributed by atoms with Gasteiger partial charge in [-0.25, -0.2) is 8.42 Å². The highest BCUT2D eigenvalue weighted by molar-refractivity contribution is 7.89. The van der Waals surface area contributed by atoms with Gasteiger partial charge >= 0.3 is 6.18 Å². The number of carbonyl (C=O) groups is 1. The molecule has 1 aromatic heterocycles. The van der Waals surface area contributed by atoms with Crippen molar-refractivity contribution in [3.05, 3.63) is 88.7 Å². The maximum Gasteiger partial charge on any atom is 0.416 e. The molecule has 2 atom stereocenters. The molecular weight excluding hydrogens is 577 g/mol. The molecule has 1 aliphatic carbocycles. The molecule has 11 heteroatoms. The van der Waals surface area contributed by atoms with Crippen LogP contribution in [0.25, 0.3) is 0 Å². The van der Waals surface area contributed by atoms with E-state index in [-0.39, 0.29) is 30.5 Å². The number of nitrogens with one attached hydrogen (secondary N) is 1. The molecule has 2 unspecified atom stereocenters. The fourth-order valence-electron chi connectivity index (χ4n) is 5.96. The summed E-state index contributed by atoms with van der Waals surface area (Å²) >= 11 is 0. The molecule has 0 bridgehead atoms. The quantitative estimate of drug-likeness (QED) is 0.350. The molecule has 0 fully saturated rings. The fourth-order valence-corrected chi connectivity index (χ4v) is 7.60. The number of sulfonamides is 1. The van der Waals surface area contributed by atoms with Gasteiger partial charge < -0.3 is 9.88 Å².